The van der Waals surface area contributed by atoms with Crippen LogP contribution in [-0.2, 0) is 6.18 Å². The monoisotopic (exact) mass is 648 g/mol. The average Bonchev–Trinajstić information content (AvgIpc) is 3.31. The van der Waals surface area contributed by atoms with Gasteiger partial charge in [0, 0.05) is 54.8 Å². The molecule has 6 rings (SSSR count). The number of aromatic nitrogens is 3. The van der Waals surface area contributed by atoms with Gasteiger partial charge in [-0.1, -0.05) is 6.92 Å². The van der Waals surface area contributed by atoms with Gasteiger partial charge in [0.15, 0.2) is 5.82 Å². The molecule has 0 aliphatic carbocycles. The number of hydrogen-bond donors (Lipinski definition) is 2. The smallest absolute Gasteiger partial charge is 0.417 e. The van der Waals surface area contributed by atoms with Crippen molar-refractivity contribution >= 4 is 22.4 Å². The highest BCUT2D eigenvalue weighted by Crippen LogP contribution is 2.45. The standard InChI is InChI=1S/C31H34F6N8O/c1-15-8-21(39)18(9-38)22(23(15)31(35,36)37)26-24(32)25-19(10-40-26)28(45-11-16-4-5-17(12-45)41-16)43-29(42-25)46-14-30(2)13-44(3)7-6-20(30)27(33)34/h8,10,16-17,20,27,41H,4-7,11-14,39H2,1-3H3/t16-,17+,20-,30+/m1/s1. The fourth-order valence-electron chi connectivity index (χ4n) is 7.37. The Balaban J connectivity index is 1.51. The molecule has 9 nitrogen and oxygen atoms in total. The van der Waals surface area contributed by atoms with Crippen LogP contribution in [0.5, 0.6) is 6.01 Å². The molecule has 0 saturated carbocycles. The van der Waals surface area contributed by atoms with Crippen molar-refractivity contribution in [3.8, 4) is 23.3 Å². The Morgan fingerprint density at radius 2 is 1.89 bits per heavy atom. The Morgan fingerprint density at radius 1 is 1.20 bits per heavy atom. The number of anilines is 2. The van der Waals surface area contributed by atoms with Gasteiger partial charge >= 0.3 is 12.2 Å². The number of nitrogens with zero attached hydrogens (tertiary/aromatic N) is 6. The highest BCUT2D eigenvalue weighted by molar-refractivity contribution is 5.93. The molecule has 5 heterocycles. The van der Waals surface area contributed by atoms with Crippen molar-refractivity contribution in [3.63, 3.8) is 0 Å². The Hall–Kier alpha value is -3.90. The number of piperidine rings is 1. The van der Waals surface area contributed by atoms with Crippen molar-refractivity contribution in [3.05, 3.63) is 34.8 Å². The molecule has 3 fully saturated rings. The maximum absolute atomic E-state index is 16.6. The van der Waals surface area contributed by atoms with Crippen LogP contribution in [-0.4, -0.2) is 78.2 Å². The summed E-state index contributed by atoms with van der Waals surface area (Å²) in [6.07, 6.45) is -4.24. The van der Waals surface area contributed by atoms with Gasteiger partial charge < -0.3 is 25.6 Å². The van der Waals surface area contributed by atoms with E-state index in [2.05, 4.69) is 20.3 Å². The Labute approximate surface area is 261 Å². The average molecular weight is 649 g/mol. The Morgan fingerprint density at radius 3 is 2.52 bits per heavy atom. The second kappa shape index (κ2) is 11.7. The van der Waals surface area contributed by atoms with Crippen LogP contribution in [0.3, 0.4) is 0 Å². The number of pyridine rings is 1. The number of fused-ring (bicyclic) bond motifs is 3. The fourth-order valence-corrected chi connectivity index (χ4v) is 7.37. The predicted molar refractivity (Wildman–Crippen MR) is 159 cm³/mol. The summed E-state index contributed by atoms with van der Waals surface area (Å²) in [5.74, 6) is -1.91. The van der Waals surface area contributed by atoms with Gasteiger partial charge in [-0.2, -0.15) is 28.4 Å². The molecule has 46 heavy (non-hydrogen) atoms. The molecule has 2 aromatic heterocycles. The number of ether oxygens (including phenoxy) is 1. The van der Waals surface area contributed by atoms with Crippen LogP contribution in [0.4, 0.5) is 37.8 Å². The van der Waals surface area contributed by atoms with Crippen LogP contribution in [0.2, 0.25) is 0 Å². The molecule has 3 aliphatic heterocycles. The van der Waals surface area contributed by atoms with Gasteiger partial charge in [0.1, 0.15) is 23.1 Å². The minimum absolute atomic E-state index is 0.136. The lowest BCUT2D eigenvalue weighted by Crippen LogP contribution is -2.51. The van der Waals surface area contributed by atoms with E-state index >= 15 is 4.39 Å². The number of aryl methyl sites for hydroxylation is 1. The van der Waals surface area contributed by atoms with Gasteiger partial charge in [-0.15, -0.1) is 0 Å². The third kappa shape index (κ3) is 5.66. The number of likely N-dealkylation sites (tertiary alicyclic amines) is 1. The van der Waals surface area contributed by atoms with E-state index in [1.165, 1.54) is 13.1 Å². The zero-order valence-corrected chi connectivity index (χ0v) is 25.6. The van der Waals surface area contributed by atoms with E-state index in [-0.39, 0.29) is 59.1 Å². The third-order valence-electron chi connectivity index (χ3n) is 9.53. The minimum Gasteiger partial charge on any atom is -0.463 e. The molecule has 3 saturated heterocycles. The van der Waals surface area contributed by atoms with E-state index in [1.54, 1.807) is 13.0 Å². The number of halogens is 6. The molecule has 0 radical (unpaired) electrons. The minimum atomic E-state index is -4.96. The van der Waals surface area contributed by atoms with Gasteiger partial charge in [-0.3, -0.25) is 4.98 Å². The summed E-state index contributed by atoms with van der Waals surface area (Å²) in [5.41, 5.74) is 0.676. The molecule has 3 aliphatic rings. The van der Waals surface area contributed by atoms with E-state index in [0.29, 0.717) is 26.2 Å². The van der Waals surface area contributed by atoms with Crippen LogP contribution >= 0.6 is 0 Å². The summed E-state index contributed by atoms with van der Waals surface area (Å²) in [6.45, 7) is 4.53. The van der Waals surface area contributed by atoms with Crippen molar-refractivity contribution in [1.82, 2.24) is 25.2 Å². The Kier molecular flexibility index (Phi) is 8.17. The molecule has 0 unspecified atom stereocenters. The number of piperazine rings is 1. The first-order valence-corrected chi connectivity index (χ1v) is 15.1. The lowest BCUT2D eigenvalue weighted by Gasteiger charge is -2.44. The first-order valence-electron chi connectivity index (χ1n) is 15.1. The van der Waals surface area contributed by atoms with E-state index in [1.807, 2.05) is 16.8 Å². The zero-order valence-electron chi connectivity index (χ0n) is 25.6. The first-order chi connectivity index (χ1) is 21.7. The van der Waals surface area contributed by atoms with E-state index in [0.717, 1.165) is 18.9 Å². The van der Waals surface area contributed by atoms with Crippen molar-refractivity contribution in [1.29, 1.82) is 5.26 Å². The number of nitrogen functional groups attached to an aromatic ring is 1. The van der Waals surface area contributed by atoms with Crippen LogP contribution in [0.25, 0.3) is 22.2 Å². The van der Waals surface area contributed by atoms with Gasteiger partial charge in [0.25, 0.3) is 0 Å². The largest absolute Gasteiger partial charge is 0.463 e. The molecule has 246 valence electrons. The Bertz CT molecular complexity index is 1700. The molecule has 3 aromatic rings. The first kappa shape index (κ1) is 32.1. The lowest BCUT2D eigenvalue weighted by atomic mass is 9.73. The van der Waals surface area contributed by atoms with E-state index in [4.69, 9.17) is 10.5 Å². The fraction of sp³-hybridized carbons (Fsp3) is 0.548. The predicted octanol–water partition coefficient (Wildman–Crippen LogP) is 5.15. The summed E-state index contributed by atoms with van der Waals surface area (Å²) >= 11 is 0. The maximum Gasteiger partial charge on any atom is 0.417 e. The van der Waals surface area contributed by atoms with Gasteiger partial charge in [-0.05, 0) is 51.4 Å². The lowest BCUT2D eigenvalue weighted by molar-refractivity contribution is -0.137. The molecule has 1 aromatic carbocycles. The second-order valence-corrected chi connectivity index (χ2v) is 13.0. The molecule has 2 bridgehead atoms. The molecular weight excluding hydrogens is 614 g/mol. The maximum atomic E-state index is 16.6. The van der Waals surface area contributed by atoms with Crippen LogP contribution in [0.15, 0.2) is 12.3 Å². The van der Waals surface area contributed by atoms with Gasteiger partial charge in [0.05, 0.1) is 28.8 Å². The van der Waals surface area contributed by atoms with Crippen molar-refractivity contribution in [2.75, 3.05) is 50.5 Å². The van der Waals surface area contributed by atoms with Crippen molar-refractivity contribution in [2.45, 2.75) is 57.8 Å². The van der Waals surface area contributed by atoms with Gasteiger partial charge in [-0.25, -0.2) is 13.2 Å². The van der Waals surface area contributed by atoms with Crippen molar-refractivity contribution < 1.29 is 31.1 Å². The van der Waals surface area contributed by atoms with Gasteiger partial charge in [0.2, 0.25) is 6.43 Å². The van der Waals surface area contributed by atoms with Crippen LogP contribution < -0.4 is 20.7 Å². The third-order valence-corrected chi connectivity index (χ3v) is 9.53. The SMILES string of the molecule is Cc1cc(N)c(C#N)c(-c2ncc3c(N4C[C@H]5CC[C@@H](C4)N5)nc(OC[C@]4(C)CN(C)CC[C@@H]4C(F)F)nc3c2F)c1C(F)(F)F. The quantitative estimate of drug-likeness (QED) is 0.277. The number of alkyl halides is 5. The van der Waals surface area contributed by atoms with E-state index in [9.17, 15) is 27.2 Å². The number of nitriles is 1. The highest BCUT2D eigenvalue weighted by atomic mass is 19.4. The van der Waals surface area contributed by atoms with Crippen molar-refractivity contribution in [2.24, 2.45) is 11.3 Å². The van der Waals surface area contributed by atoms with E-state index < -0.39 is 52.1 Å². The number of nitrogens with one attached hydrogen (secondary N) is 1. The molecule has 0 amide bonds. The molecule has 3 N–H and O–H groups in total. The molecule has 0 spiro atoms. The van der Waals surface area contributed by atoms with Crippen LogP contribution in [0.1, 0.15) is 42.9 Å². The molecular formula is C31H34F6N8O. The summed E-state index contributed by atoms with van der Waals surface area (Å²) in [5, 5.41) is 13.4. The summed E-state index contributed by atoms with van der Waals surface area (Å²) in [4.78, 5) is 16.9. The normalized spacial score (nSPS) is 25.3. The number of hydrogen-bond acceptors (Lipinski definition) is 9. The topological polar surface area (TPSA) is 116 Å². The van der Waals surface area contributed by atoms with Crippen LogP contribution in [0, 0.1) is 35.4 Å². The number of rotatable bonds is 6. The molecule has 4 atom stereocenters. The number of benzene rings is 1. The second-order valence-electron chi connectivity index (χ2n) is 13.0. The number of nitrogens with two attached hydrogens (primary N) is 1. The highest BCUT2D eigenvalue weighted by Gasteiger charge is 2.45. The summed E-state index contributed by atoms with van der Waals surface area (Å²) in [6, 6.07) is 2.70. The summed E-state index contributed by atoms with van der Waals surface area (Å²) < 4.78 is 93.8. The summed E-state index contributed by atoms with van der Waals surface area (Å²) in [7, 11) is 1.83. The molecule has 15 heteroatoms. The zero-order chi connectivity index (χ0) is 33.1.